The predicted octanol–water partition coefficient (Wildman–Crippen LogP) is 2.69. The average Bonchev–Trinajstić information content (AvgIpc) is 3.60. The first kappa shape index (κ1) is 28.9. The Morgan fingerprint density at radius 1 is 1.10 bits per heavy atom. The number of aromatic nitrogens is 2. The van der Waals surface area contributed by atoms with Gasteiger partial charge < -0.3 is 25.7 Å². The van der Waals surface area contributed by atoms with Crippen molar-refractivity contribution in [1.82, 2.24) is 31.2 Å². The van der Waals surface area contributed by atoms with Crippen LogP contribution in [0.25, 0.3) is 0 Å². The van der Waals surface area contributed by atoms with Crippen LogP contribution in [0.4, 0.5) is 0 Å². The first-order valence-corrected chi connectivity index (χ1v) is 14.2. The molecule has 1 aliphatic rings. The number of hydrogen-bond acceptors (Lipinski definition) is 8. The number of thiazole rings is 1. The van der Waals surface area contributed by atoms with Gasteiger partial charge in [0.05, 0.1) is 5.01 Å². The van der Waals surface area contributed by atoms with Crippen molar-refractivity contribution in [2.75, 3.05) is 6.54 Å². The van der Waals surface area contributed by atoms with Gasteiger partial charge in [-0.25, -0.2) is 9.97 Å². The molecule has 0 unspecified atom stereocenters. The monoisotopic (exact) mass is 566 g/mol. The normalized spacial score (nSPS) is 20.9. The largest absolute Gasteiger partial charge is 0.446 e. The summed E-state index contributed by atoms with van der Waals surface area (Å²) in [5, 5.41) is 13.8. The van der Waals surface area contributed by atoms with Crippen LogP contribution in [0.1, 0.15) is 76.6 Å². The lowest BCUT2D eigenvalue weighted by molar-refractivity contribution is -0.131. The number of hydrogen-bond donors (Lipinski definition) is 4. The molecule has 11 nitrogen and oxygen atoms in total. The molecule has 4 amide bonds. The van der Waals surface area contributed by atoms with Crippen molar-refractivity contribution in [1.29, 1.82) is 0 Å². The molecule has 0 saturated heterocycles. The zero-order chi connectivity index (χ0) is 28.6. The second-order valence-corrected chi connectivity index (χ2v) is 11.1. The van der Waals surface area contributed by atoms with Gasteiger partial charge in [-0.05, 0) is 37.7 Å². The van der Waals surface area contributed by atoms with Crippen LogP contribution in [0.3, 0.4) is 0 Å². The number of nitrogens with zero attached hydrogens (tertiary/aromatic N) is 2. The van der Waals surface area contributed by atoms with Gasteiger partial charge in [0.15, 0.2) is 5.69 Å². The lowest BCUT2D eigenvalue weighted by atomic mass is 10.00. The molecule has 212 valence electrons. The number of rotatable bonds is 5. The molecule has 12 heteroatoms. The van der Waals surface area contributed by atoms with Gasteiger partial charge in [-0.2, -0.15) is 0 Å². The first-order valence-electron chi connectivity index (χ1n) is 13.3. The summed E-state index contributed by atoms with van der Waals surface area (Å²) in [6, 6.07) is 7.03. The highest BCUT2D eigenvalue weighted by atomic mass is 32.1. The van der Waals surface area contributed by atoms with E-state index in [0.29, 0.717) is 32.2 Å². The Balaban J connectivity index is 1.60. The van der Waals surface area contributed by atoms with Gasteiger partial charge in [0.1, 0.15) is 30.1 Å². The van der Waals surface area contributed by atoms with E-state index in [4.69, 9.17) is 4.42 Å². The summed E-state index contributed by atoms with van der Waals surface area (Å²) in [6.07, 6.45) is 3.06. The van der Waals surface area contributed by atoms with Gasteiger partial charge >= 0.3 is 0 Å². The molecule has 3 atom stereocenters. The Bertz CT molecular complexity index is 1340. The maximum absolute atomic E-state index is 13.6. The van der Waals surface area contributed by atoms with E-state index in [-0.39, 0.29) is 23.2 Å². The molecule has 3 aromatic rings. The van der Waals surface area contributed by atoms with Gasteiger partial charge in [-0.15, -0.1) is 11.3 Å². The number of oxazole rings is 1. The predicted molar refractivity (Wildman–Crippen MR) is 149 cm³/mol. The molecule has 4 rings (SSSR count). The molecule has 0 saturated carbocycles. The smallest absolute Gasteiger partial charge is 0.273 e. The molecule has 1 aromatic carbocycles. The van der Waals surface area contributed by atoms with Crippen LogP contribution in [0.5, 0.6) is 0 Å². The maximum atomic E-state index is 13.6. The Morgan fingerprint density at radius 2 is 1.88 bits per heavy atom. The second kappa shape index (κ2) is 13.3. The molecule has 0 radical (unpaired) electrons. The molecule has 0 fully saturated rings. The summed E-state index contributed by atoms with van der Waals surface area (Å²) in [5.41, 5.74) is 1.28. The molecule has 40 heavy (non-hydrogen) atoms. The summed E-state index contributed by atoms with van der Waals surface area (Å²) in [6.45, 7) is 5.81. The number of nitrogens with one attached hydrogen (secondary N) is 4. The van der Waals surface area contributed by atoms with Crippen molar-refractivity contribution in [2.24, 2.45) is 5.92 Å². The summed E-state index contributed by atoms with van der Waals surface area (Å²) in [4.78, 5) is 61.1. The summed E-state index contributed by atoms with van der Waals surface area (Å²) < 4.78 is 5.64. The number of carbonyl (C=O) groups excluding carboxylic acids is 4. The van der Waals surface area contributed by atoms with Crippen molar-refractivity contribution < 1.29 is 23.6 Å². The molecule has 2 aromatic heterocycles. The fraction of sp³-hybridized carbons (Fsp3) is 0.429. The summed E-state index contributed by atoms with van der Waals surface area (Å²) in [7, 11) is 0. The maximum Gasteiger partial charge on any atom is 0.273 e. The number of fused-ring (bicyclic) bond motifs is 2. The number of carbonyl (C=O) groups is 4. The molecular weight excluding hydrogens is 532 g/mol. The van der Waals surface area contributed by atoms with E-state index in [9.17, 15) is 19.2 Å². The molecular formula is C28H34N6O5S. The Hall–Kier alpha value is -4.06. The van der Waals surface area contributed by atoms with Crippen molar-refractivity contribution in [3.8, 4) is 0 Å². The van der Waals surface area contributed by atoms with Crippen LogP contribution in [0.2, 0.25) is 0 Å². The third-order valence-electron chi connectivity index (χ3n) is 6.58. The molecule has 3 heterocycles. The summed E-state index contributed by atoms with van der Waals surface area (Å²) in [5.74, 6) is -1.83. The quantitative estimate of drug-likeness (QED) is 0.370. The Morgan fingerprint density at radius 3 is 2.58 bits per heavy atom. The average molecular weight is 567 g/mol. The van der Waals surface area contributed by atoms with Gasteiger partial charge in [-0.1, -0.05) is 44.2 Å². The highest BCUT2D eigenvalue weighted by molar-refractivity contribution is 7.09. The minimum absolute atomic E-state index is 0.117. The second-order valence-electron chi connectivity index (χ2n) is 10.1. The molecule has 0 spiro atoms. The van der Waals surface area contributed by atoms with Gasteiger partial charge in [0.2, 0.25) is 17.7 Å². The molecule has 0 aliphatic carbocycles. The number of aryl methyl sites for hydroxylation is 1. The molecule has 2 bridgehead atoms. The highest BCUT2D eigenvalue weighted by Crippen LogP contribution is 2.20. The number of amides is 4. The fourth-order valence-electron chi connectivity index (χ4n) is 4.39. The van der Waals surface area contributed by atoms with Crippen molar-refractivity contribution in [3.63, 3.8) is 0 Å². The standard InChI is InChI=1S/C28H34N6O5S/c1-16(2)23-27(38)32-20(13-18-9-5-4-6-10-18)28-33-21(14-39-28)24(35)29-12-8-7-11-19(25(36)34-23)31-26(37)22-15-40-17(3)30-22/h4-6,9-10,14-16,19-20,23H,7-8,11-13H2,1-3H3,(H,29,35)(H,31,37)(H,32,38)(H,34,36)/t19-,20+,23-/m0/s1. The van der Waals surface area contributed by atoms with E-state index in [2.05, 4.69) is 31.2 Å². The van der Waals surface area contributed by atoms with Crippen LogP contribution in [0, 0.1) is 12.8 Å². The third-order valence-corrected chi connectivity index (χ3v) is 7.35. The Kier molecular flexibility index (Phi) is 9.65. The number of benzene rings is 1. The van der Waals surface area contributed by atoms with E-state index in [1.165, 1.54) is 17.6 Å². The summed E-state index contributed by atoms with van der Waals surface area (Å²) >= 11 is 1.34. The van der Waals surface area contributed by atoms with Crippen LogP contribution in [-0.4, -0.2) is 52.2 Å². The topological polar surface area (TPSA) is 155 Å². The van der Waals surface area contributed by atoms with Crippen molar-refractivity contribution in [2.45, 2.75) is 64.6 Å². The minimum atomic E-state index is -0.891. The van der Waals surface area contributed by atoms with E-state index in [0.717, 1.165) is 10.6 Å². The zero-order valence-electron chi connectivity index (χ0n) is 22.7. The molecule has 4 N–H and O–H groups in total. The van der Waals surface area contributed by atoms with E-state index < -0.39 is 41.8 Å². The Labute approximate surface area is 236 Å². The fourth-order valence-corrected chi connectivity index (χ4v) is 4.98. The van der Waals surface area contributed by atoms with Crippen LogP contribution in [-0.2, 0) is 16.0 Å². The van der Waals surface area contributed by atoms with Crippen LogP contribution < -0.4 is 21.3 Å². The minimum Gasteiger partial charge on any atom is -0.446 e. The van der Waals surface area contributed by atoms with Crippen LogP contribution >= 0.6 is 11.3 Å². The zero-order valence-corrected chi connectivity index (χ0v) is 23.5. The van der Waals surface area contributed by atoms with Gasteiger partial charge in [-0.3, -0.25) is 19.2 Å². The van der Waals surface area contributed by atoms with E-state index >= 15 is 0 Å². The van der Waals surface area contributed by atoms with E-state index in [1.807, 2.05) is 44.2 Å². The van der Waals surface area contributed by atoms with Crippen molar-refractivity contribution in [3.05, 3.63) is 69.8 Å². The lowest BCUT2D eigenvalue weighted by Crippen LogP contribution is -2.56. The highest BCUT2D eigenvalue weighted by Gasteiger charge is 2.32. The van der Waals surface area contributed by atoms with Gasteiger partial charge in [0.25, 0.3) is 11.8 Å². The SMILES string of the molecule is Cc1nc(C(=O)N[C@H]2CCCCNC(=O)c3coc(n3)[C@@H](Cc3ccccc3)NC(=O)[C@H](C(C)C)NC2=O)cs1. The van der Waals surface area contributed by atoms with E-state index in [1.54, 1.807) is 12.3 Å². The molecule has 1 aliphatic heterocycles. The third kappa shape index (κ3) is 7.53. The first-order chi connectivity index (χ1) is 19.2. The lowest BCUT2D eigenvalue weighted by Gasteiger charge is -2.27. The van der Waals surface area contributed by atoms with Crippen molar-refractivity contribution >= 4 is 35.0 Å². The van der Waals surface area contributed by atoms with Crippen LogP contribution in [0.15, 0.2) is 46.4 Å². The van der Waals surface area contributed by atoms with Gasteiger partial charge in [0, 0.05) is 18.3 Å².